The first-order valence-electron chi connectivity index (χ1n) is 9.91. The van der Waals surface area contributed by atoms with E-state index in [1.165, 1.54) is 44.8 Å². The molecule has 138 valence electrons. The molecule has 1 aliphatic rings. The zero-order valence-electron chi connectivity index (χ0n) is 17.3. The highest BCUT2D eigenvalue weighted by molar-refractivity contribution is 5.83. The van der Waals surface area contributed by atoms with Crippen LogP contribution in [0, 0.1) is 13.8 Å². The molecule has 1 aliphatic carbocycles. The Kier molecular flexibility index (Phi) is 4.14. The Balaban J connectivity index is 1.87. The minimum Gasteiger partial charge on any atom is -0.339 e. The van der Waals surface area contributed by atoms with Gasteiger partial charge in [0.25, 0.3) is 0 Å². The fourth-order valence-corrected chi connectivity index (χ4v) is 4.68. The molecule has 0 aliphatic heterocycles. The lowest BCUT2D eigenvalue weighted by Crippen LogP contribution is -2.26. The summed E-state index contributed by atoms with van der Waals surface area (Å²) in [6.07, 6.45) is 0. The Bertz CT molecular complexity index is 990. The molecular weight excluding hydrogens is 326 g/mol. The molecule has 0 N–H and O–H groups in total. The van der Waals surface area contributed by atoms with E-state index in [4.69, 9.17) is 0 Å². The maximum atomic E-state index is 2.46. The number of nitrogens with zero attached hydrogens (tertiary/aromatic N) is 1. The minimum absolute atomic E-state index is 0.0348. The second kappa shape index (κ2) is 6.27. The Morgan fingerprint density at radius 1 is 0.704 bits per heavy atom. The number of rotatable bonds is 3. The molecule has 0 heterocycles. The van der Waals surface area contributed by atoms with Crippen molar-refractivity contribution in [3.8, 4) is 11.1 Å². The number of fused-ring (bicyclic) bond motifs is 3. The zero-order valence-corrected chi connectivity index (χ0v) is 17.3. The van der Waals surface area contributed by atoms with Crippen molar-refractivity contribution in [3.63, 3.8) is 0 Å². The van der Waals surface area contributed by atoms with Crippen molar-refractivity contribution < 1.29 is 0 Å². The van der Waals surface area contributed by atoms with E-state index in [9.17, 15) is 0 Å². The molecule has 0 radical (unpaired) electrons. The van der Waals surface area contributed by atoms with Gasteiger partial charge in [-0.15, -0.1) is 0 Å². The van der Waals surface area contributed by atoms with Gasteiger partial charge in [0.05, 0.1) is 0 Å². The van der Waals surface area contributed by atoms with Gasteiger partial charge in [0, 0.05) is 22.8 Å². The fraction of sp³-hybridized carbons (Fsp3) is 0.308. The van der Waals surface area contributed by atoms with Gasteiger partial charge in [-0.2, -0.15) is 0 Å². The molecule has 3 aromatic carbocycles. The summed E-state index contributed by atoms with van der Waals surface area (Å²) in [5.41, 5.74) is 10.8. The summed E-state index contributed by atoms with van der Waals surface area (Å²) in [4.78, 5) is 2.46. The second-order valence-electron chi connectivity index (χ2n) is 8.71. The molecule has 0 amide bonds. The van der Waals surface area contributed by atoms with Crippen LogP contribution >= 0.6 is 0 Å². The van der Waals surface area contributed by atoms with E-state index >= 15 is 0 Å². The Morgan fingerprint density at radius 3 is 2.00 bits per heavy atom. The topological polar surface area (TPSA) is 3.24 Å². The molecule has 0 spiro atoms. The van der Waals surface area contributed by atoms with Crippen LogP contribution in [0.3, 0.4) is 0 Å². The van der Waals surface area contributed by atoms with Gasteiger partial charge in [-0.3, -0.25) is 0 Å². The number of benzene rings is 3. The zero-order chi connectivity index (χ0) is 19.3. The summed E-state index contributed by atoms with van der Waals surface area (Å²) < 4.78 is 0. The maximum Gasteiger partial charge on any atom is 0.0418 e. The van der Waals surface area contributed by atoms with Crippen LogP contribution in [-0.2, 0) is 5.41 Å². The predicted octanol–water partition coefficient (Wildman–Crippen LogP) is 7.16. The third kappa shape index (κ3) is 2.86. The normalized spacial score (nSPS) is 14.2. The molecule has 0 aromatic heterocycles. The summed E-state index contributed by atoms with van der Waals surface area (Å²) in [5, 5.41) is 0. The van der Waals surface area contributed by atoms with E-state index < -0.39 is 0 Å². The van der Waals surface area contributed by atoms with Crippen LogP contribution in [0.5, 0.6) is 0 Å². The summed E-state index contributed by atoms with van der Waals surface area (Å²) in [6, 6.07) is 23.1. The highest BCUT2D eigenvalue weighted by atomic mass is 15.2. The summed E-state index contributed by atoms with van der Waals surface area (Å²) in [6.45, 7) is 13.6. The molecule has 3 aromatic rings. The van der Waals surface area contributed by atoms with Gasteiger partial charge in [0.2, 0.25) is 0 Å². The minimum atomic E-state index is 0.0348. The lowest BCUT2D eigenvalue weighted by atomic mass is 9.82. The van der Waals surface area contributed by atoms with E-state index in [1.807, 2.05) is 0 Å². The highest BCUT2D eigenvalue weighted by Gasteiger charge is 2.35. The lowest BCUT2D eigenvalue weighted by molar-refractivity contribution is 0.659. The molecule has 4 rings (SSSR count). The van der Waals surface area contributed by atoms with E-state index in [1.54, 1.807) is 0 Å². The molecule has 0 fully saturated rings. The van der Waals surface area contributed by atoms with Crippen molar-refractivity contribution in [1.29, 1.82) is 0 Å². The number of hydrogen-bond acceptors (Lipinski definition) is 1. The van der Waals surface area contributed by atoms with E-state index in [2.05, 4.69) is 107 Å². The van der Waals surface area contributed by atoms with Gasteiger partial charge in [-0.05, 0) is 85.3 Å². The number of hydrogen-bond donors (Lipinski definition) is 0. The molecule has 0 saturated heterocycles. The van der Waals surface area contributed by atoms with Crippen LogP contribution in [0.1, 0.15) is 49.9 Å². The molecule has 0 atom stereocenters. The largest absolute Gasteiger partial charge is 0.339 e. The highest BCUT2D eigenvalue weighted by Crippen LogP contribution is 2.50. The van der Waals surface area contributed by atoms with Crippen LogP contribution in [0.2, 0.25) is 0 Å². The molecular formula is C26H29N. The number of aryl methyl sites for hydroxylation is 2. The summed E-state index contributed by atoms with van der Waals surface area (Å²) in [7, 11) is 0. The van der Waals surface area contributed by atoms with Gasteiger partial charge in [0.1, 0.15) is 0 Å². The molecule has 1 nitrogen and oxygen atoms in total. The Hall–Kier alpha value is -2.54. The van der Waals surface area contributed by atoms with E-state index in [-0.39, 0.29) is 5.41 Å². The monoisotopic (exact) mass is 355 g/mol. The fourth-order valence-electron chi connectivity index (χ4n) is 4.68. The van der Waals surface area contributed by atoms with E-state index in [0.29, 0.717) is 6.04 Å². The van der Waals surface area contributed by atoms with E-state index in [0.717, 1.165) is 0 Å². The average molecular weight is 356 g/mol. The smallest absolute Gasteiger partial charge is 0.0418 e. The van der Waals surface area contributed by atoms with Crippen LogP contribution < -0.4 is 4.90 Å². The molecule has 0 unspecified atom stereocenters. The second-order valence-corrected chi connectivity index (χ2v) is 8.71. The third-order valence-electron chi connectivity index (χ3n) is 5.85. The van der Waals surface area contributed by atoms with Crippen LogP contribution in [0.4, 0.5) is 11.4 Å². The standard InChI is InChI=1S/C26H29N/c1-17(2)27(21-14-18(3)13-19(4)15-21)20-11-12-23-22-9-7-8-10-24(22)26(5,6)25(23)16-20/h7-17H,1-6H3. The first kappa shape index (κ1) is 17.9. The quantitative estimate of drug-likeness (QED) is 0.482. The van der Waals surface area contributed by atoms with Gasteiger partial charge in [-0.25, -0.2) is 0 Å². The Morgan fingerprint density at radius 2 is 1.33 bits per heavy atom. The van der Waals surface area contributed by atoms with Gasteiger partial charge < -0.3 is 4.90 Å². The number of anilines is 2. The maximum absolute atomic E-state index is 2.46. The van der Waals surface area contributed by atoms with Crippen molar-refractivity contribution in [2.24, 2.45) is 0 Å². The molecule has 1 heteroatoms. The van der Waals surface area contributed by atoms with Crippen molar-refractivity contribution in [2.45, 2.75) is 53.0 Å². The predicted molar refractivity (Wildman–Crippen MR) is 117 cm³/mol. The first-order valence-corrected chi connectivity index (χ1v) is 9.91. The van der Waals surface area contributed by atoms with Gasteiger partial charge in [-0.1, -0.05) is 50.2 Å². The van der Waals surface area contributed by atoms with Gasteiger partial charge >= 0.3 is 0 Å². The van der Waals surface area contributed by atoms with Crippen molar-refractivity contribution in [2.75, 3.05) is 4.90 Å². The lowest BCUT2D eigenvalue weighted by Gasteiger charge is -2.31. The molecule has 0 bridgehead atoms. The Labute approximate surface area is 163 Å². The average Bonchev–Trinajstić information content (AvgIpc) is 2.82. The SMILES string of the molecule is Cc1cc(C)cc(N(c2ccc3c(c2)C(C)(C)c2ccccc2-3)C(C)C)c1. The van der Waals surface area contributed by atoms with Crippen molar-refractivity contribution in [3.05, 3.63) is 82.9 Å². The van der Waals surface area contributed by atoms with Crippen molar-refractivity contribution >= 4 is 11.4 Å². The van der Waals surface area contributed by atoms with Gasteiger partial charge in [0.15, 0.2) is 0 Å². The van der Waals surface area contributed by atoms with Crippen LogP contribution in [0.15, 0.2) is 60.7 Å². The molecule has 0 saturated carbocycles. The third-order valence-corrected chi connectivity index (χ3v) is 5.85. The van der Waals surface area contributed by atoms with Crippen molar-refractivity contribution in [1.82, 2.24) is 0 Å². The molecule has 27 heavy (non-hydrogen) atoms. The summed E-state index contributed by atoms with van der Waals surface area (Å²) in [5.74, 6) is 0. The first-order chi connectivity index (χ1) is 12.8. The van der Waals surface area contributed by atoms with Crippen LogP contribution in [0.25, 0.3) is 11.1 Å². The summed E-state index contributed by atoms with van der Waals surface area (Å²) >= 11 is 0. The van der Waals surface area contributed by atoms with Crippen LogP contribution in [-0.4, -0.2) is 6.04 Å².